The number of nitrogens with one attached hydrogen (secondary N) is 1. The number of imidazole rings is 1. The molecule has 4 heterocycles. The number of amides is 2. The van der Waals surface area contributed by atoms with Gasteiger partial charge >= 0.3 is 0 Å². The second-order valence-electron chi connectivity index (χ2n) is 10.4. The van der Waals surface area contributed by atoms with E-state index in [-0.39, 0.29) is 38.1 Å². The van der Waals surface area contributed by atoms with Crippen molar-refractivity contribution in [3.8, 4) is 28.9 Å². The van der Waals surface area contributed by atoms with E-state index in [4.69, 9.17) is 23.9 Å². The van der Waals surface area contributed by atoms with Gasteiger partial charge in [0.15, 0.2) is 11.5 Å². The minimum Gasteiger partial charge on any atom is -0.497 e. The third kappa shape index (κ3) is 6.07. The quantitative estimate of drug-likeness (QED) is 0.306. The molecular weight excluding hydrogens is 566 g/mol. The lowest BCUT2D eigenvalue weighted by atomic mass is 10.1. The van der Waals surface area contributed by atoms with Gasteiger partial charge < -0.3 is 34.1 Å². The van der Waals surface area contributed by atoms with Crippen molar-refractivity contribution in [2.24, 2.45) is 0 Å². The molecule has 1 unspecified atom stereocenters. The second-order valence-corrected chi connectivity index (χ2v) is 10.4. The lowest BCUT2D eigenvalue weighted by molar-refractivity contribution is -0.132. The van der Waals surface area contributed by atoms with Gasteiger partial charge in [0.1, 0.15) is 29.7 Å². The van der Waals surface area contributed by atoms with E-state index < -0.39 is 6.04 Å². The summed E-state index contributed by atoms with van der Waals surface area (Å²) in [6.07, 6.45) is 5.20. The van der Waals surface area contributed by atoms with Gasteiger partial charge in [0, 0.05) is 49.4 Å². The Bertz CT molecular complexity index is 1660. The number of aromatic nitrogens is 4. The fourth-order valence-corrected chi connectivity index (χ4v) is 5.34. The fraction of sp³-hybridized carbons (Fsp3) is 0.323. The molecule has 2 aromatic carbocycles. The van der Waals surface area contributed by atoms with E-state index in [1.54, 1.807) is 60.6 Å². The van der Waals surface area contributed by atoms with Gasteiger partial charge in [-0.15, -0.1) is 0 Å². The van der Waals surface area contributed by atoms with Gasteiger partial charge in [0.25, 0.3) is 0 Å². The summed E-state index contributed by atoms with van der Waals surface area (Å²) >= 11 is 0. The van der Waals surface area contributed by atoms with Gasteiger partial charge in [-0.1, -0.05) is 6.07 Å². The number of hydrogen-bond acceptors (Lipinski definition) is 10. The summed E-state index contributed by atoms with van der Waals surface area (Å²) in [7, 11) is 3.16. The van der Waals surface area contributed by atoms with Gasteiger partial charge in [-0.05, 0) is 42.8 Å². The van der Waals surface area contributed by atoms with Crippen LogP contribution in [0.3, 0.4) is 0 Å². The predicted octanol–water partition coefficient (Wildman–Crippen LogP) is 2.29. The van der Waals surface area contributed by atoms with Gasteiger partial charge in [0.05, 0.1) is 27.2 Å². The highest BCUT2D eigenvalue weighted by Gasteiger charge is 2.35. The number of rotatable bonds is 9. The van der Waals surface area contributed by atoms with Crippen LogP contribution in [0.25, 0.3) is 5.95 Å². The summed E-state index contributed by atoms with van der Waals surface area (Å²) in [5, 5.41) is 3.05. The molecule has 6 rings (SSSR count). The Morgan fingerprint density at radius 2 is 1.89 bits per heavy atom. The molecule has 0 spiro atoms. The van der Waals surface area contributed by atoms with Crippen LogP contribution in [0.1, 0.15) is 16.8 Å². The zero-order chi connectivity index (χ0) is 30.6. The third-order valence-electron chi connectivity index (χ3n) is 7.63. The first kappa shape index (κ1) is 28.8. The van der Waals surface area contributed by atoms with Crippen molar-refractivity contribution in [1.29, 1.82) is 0 Å². The molecule has 228 valence electrons. The number of aryl methyl sites for hydroxylation is 1. The van der Waals surface area contributed by atoms with Crippen LogP contribution in [0.2, 0.25) is 0 Å². The first-order chi connectivity index (χ1) is 21.4. The molecule has 0 saturated carbocycles. The summed E-state index contributed by atoms with van der Waals surface area (Å²) in [4.78, 5) is 44.5. The molecule has 0 radical (unpaired) electrons. The summed E-state index contributed by atoms with van der Waals surface area (Å²) < 4.78 is 23.4. The van der Waals surface area contributed by atoms with E-state index in [1.807, 2.05) is 36.1 Å². The van der Waals surface area contributed by atoms with E-state index >= 15 is 0 Å². The maximum absolute atomic E-state index is 13.9. The van der Waals surface area contributed by atoms with Crippen molar-refractivity contribution in [3.63, 3.8) is 0 Å². The largest absolute Gasteiger partial charge is 0.497 e. The number of anilines is 1. The maximum Gasteiger partial charge on any atom is 0.244 e. The molecule has 0 bridgehead atoms. The molecule has 1 N–H and O–H groups in total. The summed E-state index contributed by atoms with van der Waals surface area (Å²) in [5.41, 5.74) is 2.31. The van der Waals surface area contributed by atoms with Crippen LogP contribution in [0.15, 0.2) is 61.2 Å². The van der Waals surface area contributed by atoms with E-state index in [2.05, 4.69) is 15.3 Å². The van der Waals surface area contributed by atoms with Crippen LogP contribution in [-0.2, 0) is 22.6 Å². The monoisotopic (exact) mass is 599 g/mol. The number of benzene rings is 2. The smallest absolute Gasteiger partial charge is 0.244 e. The zero-order valence-electron chi connectivity index (χ0n) is 24.7. The average Bonchev–Trinajstić information content (AvgIpc) is 3.75. The highest BCUT2D eigenvalue weighted by atomic mass is 16.7. The molecule has 2 aliphatic rings. The maximum atomic E-state index is 13.9. The van der Waals surface area contributed by atoms with E-state index in [0.29, 0.717) is 47.9 Å². The van der Waals surface area contributed by atoms with Gasteiger partial charge in [0.2, 0.25) is 24.6 Å². The number of piperazine rings is 1. The Hall–Kier alpha value is -5.33. The summed E-state index contributed by atoms with van der Waals surface area (Å²) in [5.74, 6) is 3.25. The van der Waals surface area contributed by atoms with Crippen LogP contribution >= 0.6 is 0 Å². The molecule has 4 aromatic rings. The first-order valence-corrected chi connectivity index (χ1v) is 14.2. The summed E-state index contributed by atoms with van der Waals surface area (Å²) in [6.45, 7) is 3.23. The summed E-state index contributed by atoms with van der Waals surface area (Å²) in [6, 6.07) is 12.0. The number of methoxy groups -OCH3 is 2. The van der Waals surface area contributed by atoms with Crippen LogP contribution in [-0.4, -0.2) is 82.9 Å². The van der Waals surface area contributed by atoms with Gasteiger partial charge in [-0.2, -0.15) is 4.98 Å². The number of nitrogens with zero attached hydrogens (tertiary/aromatic N) is 6. The zero-order valence-corrected chi connectivity index (χ0v) is 24.7. The molecule has 1 atom stereocenters. The minimum atomic E-state index is -0.717. The first-order valence-electron chi connectivity index (χ1n) is 14.2. The Labute approximate surface area is 254 Å². The SMILES string of the molecule is COc1ccc(OC)c(CNC(=O)C2CN(C(=O)Cc3ccc4c(c3)OCO4)CCN2c2cc(C)nc(-n3ccnc3)n2)c1. The molecule has 13 nitrogen and oxygen atoms in total. The second kappa shape index (κ2) is 12.5. The van der Waals surface area contributed by atoms with Crippen molar-refractivity contribution in [2.75, 3.05) is 45.5 Å². The number of ether oxygens (including phenoxy) is 4. The van der Waals surface area contributed by atoms with E-state index in [9.17, 15) is 9.59 Å². The highest BCUT2D eigenvalue weighted by Crippen LogP contribution is 2.33. The van der Waals surface area contributed by atoms with E-state index in [1.165, 1.54) is 0 Å². The Balaban J connectivity index is 1.25. The van der Waals surface area contributed by atoms with Crippen molar-refractivity contribution >= 4 is 17.6 Å². The van der Waals surface area contributed by atoms with Crippen molar-refractivity contribution < 1.29 is 28.5 Å². The predicted molar refractivity (Wildman–Crippen MR) is 159 cm³/mol. The van der Waals surface area contributed by atoms with Crippen LogP contribution in [0.5, 0.6) is 23.0 Å². The standard InChI is InChI=1S/C31H33N7O6/c1-20-12-28(35-31(34-20)37-9-8-32-18-37)38-11-10-36(29(39)14-21-4-6-26-27(13-21)44-19-43-26)17-24(38)30(40)33-16-22-15-23(41-2)5-7-25(22)42-3/h4-9,12-13,15,18,24H,10-11,14,16-17,19H2,1-3H3,(H,33,40). The molecule has 1 fully saturated rings. The van der Waals surface area contributed by atoms with Crippen molar-refractivity contribution in [2.45, 2.75) is 25.9 Å². The molecule has 2 amide bonds. The van der Waals surface area contributed by atoms with Crippen LogP contribution in [0.4, 0.5) is 5.82 Å². The molecular formula is C31H33N7O6. The molecule has 44 heavy (non-hydrogen) atoms. The van der Waals surface area contributed by atoms with Crippen molar-refractivity contribution in [1.82, 2.24) is 29.7 Å². The molecule has 2 aromatic heterocycles. The fourth-order valence-electron chi connectivity index (χ4n) is 5.34. The lowest BCUT2D eigenvalue weighted by Crippen LogP contribution is -2.60. The Morgan fingerprint density at radius 1 is 1.02 bits per heavy atom. The van der Waals surface area contributed by atoms with Gasteiger partial charge in [-0.25, -0.2) is 9.97 Å². The molecule has 2 aliphatic heterocycles. The van der Waals surface area contributed by atoms with Gasteiger partial charge in [-0.3, -0.25) is 14.2 Å². The number of fused-ring (bicyclic) bond motifs is 1. The third-order valence-corrected chi connectivity index (χ3v) is 7.63. The number of carbonyl (C=O) groups excluding carboxylic acids is 2. The number of carbonyl (C=O) groups is 2. The molecule has 0 aliphatic carbocycles. The van der Waals surface area contributed by atoms with Crippen molar-refractivity contribution in [3.05, 3.63) is 78.0 Å². The minimum absolute atomic E-state index is 0.0891. The van der Waals surface area contributed by atoms with Crippen LogP contribution < -0.4 is 29.2 Å². The Kier molecular flexibility index (Phi) is 8.17. The molecule has 13 heteroatoms. The lowest BCUT2D eigenvalue weighted by Gasteiger charge is -2.41. The highest BCUT2D eigenvalue weighted by molar-refractivity contribution is 5.87. The Morgan fingerprint density at radius 3 is 2.68 bits per heavy atom. The average molecular weight is 600 g/mol. The molecule has 1 saturated heterocycles. The van der Waals surface area contributed by atoms with Crippen LogP contribution in [0, 0.1) is 6.92 Å². The normalized spacial score (nSPS) is 15.7. The van der Waals surface area contributed by atoms with E-state index in [0.717, 1.165) is 16.8 Å². The number of hydrogen-bond donors (Lipinski definition) is 1. The topological polar surface area (TPSA) is 133 Å².